The quantitative estimate of drug-likeness (QED) is 0.933. The molecule has 0 saturated heterocycles. The van der Waals surface area contributed by atoms with Gasteiger partial charge in [0.1, 0.15) is 11.6 Å². The molecule has 5 nitrogen and oxygen atoms in total. The standard InChI is InChI=1S/C16H22N4O/c1-12(17)13-3-4-15(21-2)14(9-13)10-19-7-8-20-6-5-18-16(20)11-19/h3-6,9,12H,7-8,10-11,17H2,1-2H3. The van der Waals surface area contributed by atoms with E-state index in [4.69, 9.17) is 10.5 Å². The Hall–Kier alpha value is -1.85. The molecule has 1 aromatic carbocycles. The Kier molecular flexibility index (Phi) is 3.94. The summed E-state index contributed by atoms with van der Waals surface area (Å²) in [6.07, 6.45) is 3.92. The van der Waals surface area contributed by atoms with Gasteiger partial charge in [-0.1, -0.05) is 6.07 Å². The lowest BCUT2D eigenvalue weighted by atomic mass is 10.0. The second-order valence-corrected chi connectivity index (χ2v) is 5.61. The number of hydrogen-bond acceptors (Lipinski definition) is 4. The van der Waals surface area contributed by atoms with Gasteiger partial charge in [0.05, 0.1) is 13.7 Å². The zero-order chi connectivity index (χ0) is 14.8. The van der Waals surface area contributed by atoms with Gasteiger partial charge in [0.2, 0.25) is 0 Å². The summed E-state index contributed by atoms with van der Waals surface area (Å²) in [5.74, 6) is 2.05. The number of aromatic nitrogens is 2. The molecule has 1 aromatic heterocycles. The van der Waals surface area contributed by atoms with E-state index in [1.165, 1.54) is 5.56 Å². The van der Waals surface area contributed by atoms with Gasteiger partial charge in [-0.3, -0.25) is 4.90 Å². The number of hydrogen-bond donors (Lipinski definition) is 1. The molecule has 1 aliphatic heterocycles. The van der Waals surface area contributed by atoms with Gasteiger partial charge in [-0.2, -0.15) is 0 Å². The van der Waals surface area contributed by atoms with Gasteiger partial charge in [-0.15, -0.1) is 0 Å². The lowest BCUT2D eigenvalue weighted by molar-refractivity contribution is 0.206. The highest BCUT2D eigenvalue weighted by molar-refractivity contribution is 5.38. The van der Waals surface area contributed by atoms with Gasteiger partial charge in [0, 0.05) is 43.6 Å². The van der Waals surface area contributed by atoms with E-state index in [0.29, 0.717) is 0 Å². The Morgan fingerprint density at radius 3 is 3.00 bits per heavy atom. The topological polar surface area (TPSA) is 56.3 Å². The Morgan fingerprint density at radius 2 is 2.24 bits per heavy atom. The second kappa shape index (κ2) is 5.87. The van der Waals surface area contributed by atoms with Crippen LogP contribution < -0.4 is 10.5 Å². The van der Waals surface area contributed by atoms with E-state index >= 15 is 0 Å². The smallest absolute Gasteiger partial charge is 0.123 e. The van der Waals surface area contributed by atoms with Gasteiger partial charge >= 0.3 is 0 Å². The molecule has 0 spiro atoms. The van der Waals surface area contributed by atoms with Crippen LogP contribution in [0.5, 0.6) is 5.75 Å². The van der Waals surface area contributed by atoms with Crippen LogP contribution in [0.1, 0.15) is 29.9 Å². The van der Waals surface area contributed by atoms with Crippen LogP contribution in [0, 0.1) is 0 Å². The Morgan fingerprint density at radius 1 is 1.38 bits per heavy atom. The third-order valence-electron chi connectivity index (χ3n) is 4.05. The molecule has 21 heavy (non-hydrogen) atoms. The monoisotopic (exact) mass is 286 g/mol. The Bertz CT molecular complexity index is 620. The van der Waals surface area contributed by atoms with Gasteiger partial charge in [0.25, 0.3) is 0 Å². The molecule has 1 unspecified atom stereocenters. The maximum Gasteiger partial charge on any atom is 0.123 e. The lowest BCUT2D eigenvalue weighted by Crippen LogP contribution is -2.33. The van der Waals surface area contributed by atoms with E-state index in [1.807, 2.05) is 31.5 Å². The predicted octanol–water partition coefficient (Wildman–Crippen LogP) is 1.93. The van der Waals surface area contributed by atoms with Crippen LogP contribution in [0.3, 0.4) is 0 Å². The van der Waals surface area contributed by atoms with E-state index in [2.05, 4.69) is 20.5 Å². The van der Waals surface area contributed by atoms with Gasteiger partial charge in [0.15, 0.2) is 0 Å². The molecule has 0 bridgehead atoms. The van der Waals surface area contributed by atoms with Gasteiger partial charge in [-0.05, 0) is 24.6 Å². The molecule has 1 aliphatic rings. The largest absolute Gasteiger partial charge is 0.496 e. The van der Waals surface area contributed by atoms with Crippen molar-refractivity contribution in [2.24, 2.45) is 5.73 Å². The van der Waals surface area contributed by atoms with Crippen LogP contribution in [0.15, 0.2) is 30.6 Å². The molecular weight excluding hydrogens is 264 g/mol. The van der Waals surface area contributed by atoms with Crippen molar-refractivity contribution in [3.63, 3.8) is 0 Å². The van der Waals surface area contributed by atoms with Crippen molar-refractivity contribution < 1.29 is 4.74 Å². The molecule has 0 fully saturated rings. The fourth-order valence-electron chi connectivity index (χ4n) is 2.80. The molecule has 2 heterocycles. The van der Waals surface area contributed by atoms with Gasteiger partial charge in [-0.25, -0.2) is 4.98 Å². The highest BCUT2D eigenvalue weighted by Gasteiger charge is 2.18. The first kappa shape index (κ1) is 14.1. The van der Waals surface area contributed by atoms with Crippen molar-refractivity contribution in [2.75, 3.05) is 13.7 Å². The van der Waals surface area contributed by atoms with E-state index in [0.717, 1.165) is 43.3 Å². The van der Waals surface area contributed by atoms with E-state index in [1.54, 1.807) is 7.11 Å². The highest BCUT2D eigenvalue weighted by Crippen LogP contribution is 2.25. The Labute approximate surface area is 125 Å². The number of methoxy groups -OCH3 is 1. The first-order chi connectivity index (χ1) is 10.2. The number of nitrogens with two attached hydrogens (primary N) is 1. The molecule has 0 radical (unpaired) electrons. The van der Waals surface area contributed by atoms with Crippen LogP contribution in [-0.2, 0) is 19.6 Å². The summed E-state index contributed by atoms with van der Waals surface area (Å²) >= 11 is 0. The Balaban J connectivity index is 1.79. The summed E-state index contributed by atoms with van der Waals surface area (Å²) in [5, 5.41) is 0. The summed E-state index contributed by atoms with van der Waals surface area (Å²) in [5.41, 5.74) is 8.32. The molecule has 2 aromatic rings. The van der Waals surface area contributed by atoms with Crippen molar-refractivity contribution in [1.29, 1.82) is 0 Å². The minimum absolute atomic E-state index is 0.0370. The summed E-state index contributed by atoms with van der Waals surface area (Å²) in [6, 6.07) is 6.24. The molecule has 5 heteroatoms. The molecule has 0 saturated carbocycles. The van der Waals surface area contributed by atoms with Crippen molar-refractivity contribution in [3.8, 4) is 5.75 Å². The third kappa shape index (κ3) is 2.94. The first-order valence-electron chi connectivity index (χ1n) is 7.32. The number of ether oxygens (including phenoxy) is 1. The van der Waals surface area contributed by atoms with Gasteiger partial charge < -0.3 is 15.0 Å². The van der Waals surface area contributed by atoms with Crippen LogP contribution in [0.4, 0.5) is 0 Å². The fraction of sp³-hybridized carbons (Fsp3) is 0.438. The second-order valence-electron chi connectivity index (χ2n) is 5.61. The highest BCUT2D eigenvalue weighted by atomic mass is 16.5. The number of fused-ring (bicyclic) bond motifs is 1. The normalized spacial score (nSPS) is 16.5. The average molecular weight is 286 g/mol. The number of nitrogens with zero attached hydrogens (tertiary/aromatic N) is 3. The molecule has 2 N–H and O–H groups in total. The average Bonchev–Trinajstić information content (AvgIpc) is 2.94. The minimum Gasteiger partial charge on any atom is -0.496 e. The molecular formula is C16H22N4O. The van der Waals surface area contributed by atoms with Crippen molar-refractivity contribution >= 4 is 0 Å². The molecule has 3 rings (SSSR count). The van der Waals surface area contributed by atoms with Crippen LogP contribution in [0.2, 0.25) is 0 Å². The summed E-state index contributed by atoms with van der Waals surface area (Å²) in [6.45, 7) is 5.75. The fourth-order valence-corrected chi connectivity index (χ4v) is 2.80. The molecule has 1 atom stereocenters. The lowest BCUT2D eigenvalue weighted by Gasteiger charge is -2.28. The van der Waals surface area contributed by atoms with Crippen molar-refractivity contribution in [2.45, 2.75) is 32.6 Å². The summed E-state index contributed by atoms with van der Waals surface area (Å²) < 4.78 is 7.70. The van der Waals surface area contributed by atoms with Crippen LogP contribution in [0.25, 0.3) is 0 Å². The maximum atomic E-state index is 5.99. The molecule has 0 aliphatic carbocycles. The zero-order valence-electron chi connectivity index (χ0n) is 12.6. The number of imidazole rings is 1. The molecule has 0 amide bonds. The van der Waals surface area contributed by atoms with E-state index in [9.17, 15) is 0 Å². The van der Waals surface area contributed by atoms with E-state index < -0.39 is 0 Å². The minimum atomic E-state index is 0.0370. The summed E-state index contributed by atoms with van der Waals surface area (Å²) in [7, 11) is 1.72. The first-order valence-corrected chi connectivity index (χ1v) is 7.32. The number of benzene rings is 1. The summed E-state index contributed by atoms with van der Waals surface area (Å²) in [4.78, 5) is 6.80. The predicted molar refractivity (Wildman–Crippen MR) is 81.9 cm³/mol. The van der Waals surface area contributed by atoms with Crippen molar-refractivity contribution in [3.05, 3.63) is 47.5 Å². The van der Waals surface area contributed by atoms with E-state index in [-0.39, 0.29) is 6.04 Å². The van der Waals surface area contributed by atoms with Crippen LogP contribution >= 0.6 is 0 Å². The number of rotatable bonds is 4. The third-order valence-corrected chi connectivity index (χ3v) is 4.05. The molecule has 112 valence electrons. The SMILES string of the molecule is COc1ccc(C(C)N)cc1CN1CCn2ccnc2C1. The van der Waals surface area contributed by atoms with Crippen molar-refractivity contribution in [1.82, 2.24) is 14.5 Å². The van der Waals surface area contributed by atoms with Crippen LogP contribution in [-0.4, -0.2) is 28.1 Å². The maximum absolute atomic E-state index is 5.99. The zero-order valence-corrected chi connectivity index (χ0v) is 12.6.